The molecule has 2 aromatic carbocycles. The van der Waals surface area contributed by atoms with Crippen molar-refractivity contribution in [1.82, 2.24) is 14.3 Å². The number of fused-ring (bicyclic) bond motifs is 3. The van der Waals surface area contributed by atoms with Crippen LogP contribution in [0.5, 0.6) is 0 Å². The largest absolute Gasteiger partial charge is 0.373 e. The van der Waals surface area contributed by atoms with Crippen LogP contribution in [0.25, 0.3) is 20.4 Å². The summed E-state index contributed by atoms with van der Waals surface area (Å²) in [5.41, 5.74) is 2.03. The molecular weight excluding hydrogens is 480 g/mol. The molecule has 0 saturated carbocycles. The molecule has 172 valence electrons. The SMILES string of the molecule is Cc1nc2c(ccc3nc(NC(=O)c4ccc(S(=O)(=O)N5C[C@H](C)O[C@@H](C)C5)cc4)sc32)s1. The maximum Gasteiger partial charge on any atom is 0.257 e. The van der Waals surface area contributed by atoms with Crippen molar-refractivity contribution in [2.45, 2.75) is 37.9 Å². The minimum Gasteiger partial charge on any atom is -0.373 e. The molecule has 11 heteroatoms. The first-order valence-electron chi connectivity index (χ1n) is 10.4. The number of aryl methyl sites for hydroxylation is 1. The summed E-state index contributed by atoms with van der Waals surface area (Å²) in [7, 11) is -3.66. The average Bonchev–Trinajstić information content (AvgIpc) is 3.35. The minimum absolute atomic E-state index is 0.154. The summed E-state index contributed by atoms with van der Waals surface area (Å²) in [6.45, 7) is 6.28. The molecule has 0 aliphatic carbocycles. The molecule has 2 aromatic heterocycles. The predicted octanol–water partition coefficient (Wildman–Crippen LogP) is 4.26. The highest BCUT2D eigenvalue weighted by molar-refractivity contribution is 7.89. The number of nitrogens with one attached hydrogen (secondary N) is 1. The van der Waals surface area contributed by atoms with Gasteiger partial charge in [-0.15, -0.1) is 11.3 Å². The van der Waals surface area contributed by atoms with E-state index in [4.69, 9.17) is 4.74 Å². The fourth-order valence-corrected chi connectivity index (χ4v) is 7.41. The van der Waals surface area contributed by atoms with E-state index in [0.29, 0.717) is 23.8 Å². The number of anilines is 1. The molecular formula is C22H22N4O4S3. The predicted molar refractivity (Wildman–Crippen MR) is 131 cm³/mol. The Kier molecular flexibility index (Phi) is 5.69. The van der Waals surface area contributed by atoms with E-state index in [1.54, 1.807) is 11.3 Å². The van der Waals surface area contributed by atoms with Gasteiger partial charge in [0, 0.05) is 18.7 Å². The second-order valence-electron chi connectivity index (χ2n) is 8.07. The summed E-state index contributed by atoms with van der Waals surface area (Å²) in [5.74, 6) is -0.350. The average molecular weight is 503 g/mol. The second kappa shape index (κ2) is 8.41. The lowest BCUT2D eigenvalue weighted by Crippen LogP contribution is -2.48. The standard InChI is InChI=1S/C22H22N4O4S3/c1-12-10-26(11-13(2)30-12)33(28,29)16-6-4-15(5-7-16)21(27)25-22-24-17-8-9-18-19(20(17)32-22)23-14(3)31-18/h4-9,12-13H,10-11H2,1-3H3,(H,24,25,27)/t12-,13-/m0/s1. The summed E-state index contributed by atoms with van der Waals surface area (Å²) in [5, 5.41) is 4.27. The van der Waals surface area contributed by atoms with Gasteiger partial charge in [0.15, 0.2) is 5.13 Å². The molecule has 1 N–H and O–H groups in total. The third-order valence-corrected chi connectivity index (χ3v) is 9.16. The van der Waals surface area contributed by atoms with Crippen LogP contribution < -0.4 is 5.32 Å². The fourth-order valence-electron chi connectivity index (χ4n) is 3.96. The van der Waals surface area contributed by atoms with Crippen LogP contribution in [0.15, 0.2) is 41.3 Å². The number of hydrogen-bond acceptors (Lipinski definition) is 8. The highest BCUT2D eigenvalue weighted by atomic mass is 32.2. The van der Waals surface area contributed by atoms with Crippen LogP contribution in [0.4, 0.5) is 5.13 Å². The molecule has 2 atom stereocenters. The van der Waals surface area contributed by atoms with Gasteiger partial charge < -0.3 is 4.74 Å². The van der Waals surface area contributed by atoms with Crippen molar-refractivity contribution in [2.24, 2.45) is 0 Å². The van der Waals surface area contributed by atoms with Crippen molar-refractivity contribution in [3.63, 3.8) is 0 Å². The van der Waals surface area contributed by atoms with Gasteiger partial charge in [0.05, 0.1) is 37.0 Å². The van der Waals surface area contributed by atoms with Crippen LogP contribution in [-0.4, -0.2) is 53.9 Å². The first-order chi connectivity index (χ1) is 15.7. The number of carbonyl (C=O) groups is 1. The number of rotatable bonds is 4. The first kappa shape index (κ1) is 22.4. The summed E-state index contributed by atoms with van der Waals surface area (Å²) >= 11 is 3.00. The lowest BCUT2D eigenvalue weighted by Gasteiger charge is -2.34. The monoisotopic (exact) mass is 502 g/mol. The van der Waals surface area contributed by atoms with Crippen LogP contribution >= 0.6 is 22.7 Å². The molecule has 1 aliphatic rings. The third-order valence-electron chi connectivity index (χ3n) is 5.38. The molecule has 3 heterocycles. The maximum absolute atomic E-state index is 13.0. The summed E-state index contributed by atoms with van der Waals surface area (Å²) in [6, 6.07) is 9.89. The lowest BCUT2D eigenvalue weighted by molar-refractivity contribution is -0.0440. The Morgan fingerprint density at radius 1 is 1.06 bits per heavy atom. The molecule has 0 bridgehead atoms. The van der Waals surface area contributed by atoms with E-state index in [9.17, 15) is 13.2 Å². The van der Waals surface area contributed by atoms with E-state index < -0.39 is 10.0 Å². The topological polar surface area (TPSA) is 101 Å². The van der Waals surface area contributed by atoms with Crippen LogP contribution in [0.2, 0.25) is 0 Å². The van der Waals surface area contributed by atoms with Gasteiger partial charge in [-0.05, 0) is 57.2 Å². The summed E-state index contributed by atoms with van der Waals surface area (Å²) in [6.07, 6.45) is -0.339. The summed E-state index contributed by atoms with van der Waals surface area (Å²) in [4.78, 5) is 22.0. The zero-order valence-corrected chi connectivity index (χ0v) is 20.7. The number of benzene rings is 2. The lowest BCUT2D eigenvalue weighted by atomic mass is 10.2. The number of sulfonamides is 1. The van der Waals surface area contributed by atoms with Gasteiger partial charge in [-0.25, -0.2) is 18.4 Å². The molecule has 0 unspecified atom stereocenters. The molecule has 4 aromatic rings. The Labute approximate surface area is 199 Å². The number of aromatic nitrogens is 2. The highest BCUT2D eigenvalue weighted by Crippen LogP contribution is 2.34. The molecule has 0 spiro atoms. The number of morpholine rings is 1. The maximum atomic E-state index is 13.0. The number of carbonyl (C=O) groups excluding carboxylic acids is 1. The number of ether oxygens (including phenoxy) is 1. The zero-order valence-electron chi connectivity index (χ0n) is 18.2. The fraction of sp³-hybridized carbons (Fsp3) is 0.318. The Morgan fingerprint density at radius 3 is 2.45 bits per heavy atom. The van der Waals surface area contributed by atoms with Crippen molar-refractivity contribution in [2.75, 3.05) is 18.4 Å². The highest BCUT2D eigenvalue weighted by Gasteiger charge is 2.32. The van der Waals surface area contributed by atoms with Gasteiger partial charge in [0.25, 0.3) is 5.91 Å². The zero-order chi connectivity index (χ0) is 23.3. The van der Waals surface area contributed by atoms with E-state index in [1.807, 2.05) is 32.9 Å². The normalized spacial score (nSPS) is 19.8. The van der Waals surface area contributed by atoms with Crippen LogP contribution in [0.3, 0.4) is 0 Å². The molecule has 1 aliphatic heterocycles. The molecule has 33 heavy (non-hydrogen) atoms. The molecule has 5 rings (SSSR count). The second-order valence-corrected chi connectivity index (χ2v) is 12.2. The van der Waals surface area contributed by atoms with Crippen LogP contribution in [-0.2, 0) is 14.8 Å². The quantitative estimate of drug-likeness (QED) is 0.447. The van der Waals surface area contributed by atoms with E-state index in [0.717, 1.165) is 25.4 Å². The van der Waals surface area contributed by atoms with E-state index in [2.05, 4.69) is 15.3 Å². The van der Waals surface area contributed by atoms with Crippen molar-refractivity contribution >= 4 is 64.2 Å². The van der Waals surface area contributed by atoms with Gasteiger partial charge in [-0.3, -0.25) is 10.1 Å². The summed E-state index contributed by atoms with van der Waals surface area (Å²) < 4.78 is 35.1. The van der Waals surface area contributed by atoms with Crippen molar-refractivity contribution in [3.8, 4) is 0 Å². The third kappa shape index (κ3) is 4.26. The van der Waals surface area contributed by atoms with Crippen LogP contribution in [0.1, 0.15) is 29.2 Å². The molecule has 0 radical (unpaired) electrons. The van der Waals surface area contributed by atoms with Gasteiger partial charge in [0.1, 0.15) is 5.52 Å². The van der Waals surface area contributed by atoms with E-state index in [-0.39, 0.29) is 23.0 Å². The van der Waals surface area contributed by atoms with Crippen molar-refractivity contribution < 1.29 is 17.9 Å². The Bertz CT molecular complexity index is 1450. The van der Waals surface area contributed by atoms with Crippen molar-refractivity contribution in [1.29, 1.82) is 0 Å². The molecule has 1 fully saturated rings. The molecule has 1 saturated heterocycles. The van der Waals surface area contributed by atoms with Crippen molar-refractivity contribution in [3.05, 3.63) is 47.0 Å². The Morgan fingerprint density at radius 2 is 1.76 bits per heavy atom. The number of amides is 1. The smallest absolute Gasteiger partial charge is 0.257 e. The van der Waals surface area contributed by atoms with E-state index in [1.165, 1.54) is 39.9 Å². The van der Waals surface area contributed by atoms with E-state index >= 15 is 0 Å². The van der Waals surface area contributed by atoms with Gasteiger partial charge >= 0.3 is 0 Å². The van der Waals surface area contributed by atoms with Crippen LogP contribution in [0, 0.1) is 6.92 Å². The Balaban J connectivity index is 1.35. The number of thiazole rings is 2. The number of nitrogens with zero attached hydrogens (tertiary/aromatic N) is 3. The Hall–Kier alpha value is -2.44. The first-order valence-corrected chi connectivity index (χ1v) is 13.5. The minimum atomic E-state index is -3.66. The molecule has 8 nitrogen and oxygen atoms in total. The molecule has 1 amide bonds. The number of hydrogen-bond donors (Lipinski definition) is 1. The van der Waals surface area contributed by atoms with Gasteiger partial charge in [-0.2, -0.15) is 4.31 Å². The van der Waals surface area contributed by atoms with Gasteiger partial charge in [0.2, 0.25) is 10.0 Å². The van der Waals surface area contributed by atoms with Gasteiger partial charge in [-0.1, -0.05) is 11.3 Å².